The van der Waals surface area contributed by atoms with Crippen LogP contribution in [0.2, 0.25) is 0 Å². The molecule has 1 aromatic carbocycles. The molecule has 0 fully saturated rings. The molecule has 0 atom stereocenters. The molecule has 0 bridgehead atoms. The van der Waals surface area contributed by atoms with Crippen LogP contribution in [0.15, 0.2) is 38.5 Å². The van der Waals surface area contributed by atoms with E-state index in [1.54, 1.807) is 17.4 Å². The third-order valence-corrected chi connectivity index (χ3v) is 4.32. The first-order valence-electron chi connectivity index (χ1n) is 5.63. The Labute approximate surface area is 125 Å². The van der Waals surface area contributed by atoms with Gasteiger partial charge in [0, 0.05) is 20.8 Å². The van der Waals surface area contributed by atoms with Gasteiger partial charge < -0.3 is 9.73 Å². The number of fused-ring (bicyclic) bond motifs is 1. The third-order valence-electron chi connectivity index (χ3n) is 2.62. The minimum atomic E-state index is -0.460. The number of non-ortho nitro benzene ring substituents is 1. The van der Waals surface area contributed by atoms with Gasteiger partial charge in [-0.05, 0) is 28.1 Å². The summed E-state index contributed by atoms with van der Waals surface area (Å²) in [6.07, 6.45) is 0. The van der Waals surface area contributed by atoms with Crippen molar-refractivity contribution in [3.05, 3.63) is 49.1 Å². The molecule has 0 aliphatic rings. The zero-order valence-corrected chi connectivity index (χ0v) is 12.4. The molecule has 102 valence electrons. The number of thiophene rings is 1. The molecule has 0 aliphatic heterocycles. The van der Waals surface area contributed by atoms with Gasteiger partial charge in [0.25, 0.3) is 11.7 Å². The first kappa shape index (κ1) is 13.1. The van der Waals surface area contributed by atoms with Crippen LogP contribution in [0.4, 0.5) is 11.7 Å². The van der Waals surface area contributed by atoms with E-state index >= 15 is 0 Å². The Hall–Kier alpha value is -1.93. The van der Waals surface area contributed by atoms with Gasteiger partial charge in [-0.3, -0.25) is 10.1 Å². The van der Waals surface area contributed by atoms with Crippen LogP contribution in [0.3, 0.4) is 0 Å². The second-order valence-corrected chi connectivity index (χ2v) is 5.92. The molecule has 0 radical (unpaired) electrons. The SMILES string of the molecule is O=[N+]([O-])c1ccc2nc(NCc3cc(Br)cs3)oc2c1. The van der Waals surface area contributed by atoms with Crippen molar-refractivity contribution in [2.75, 3.05) is 5.32 Å². The molecular weight excluding hydrogens is 346 g/mol. The van der Waals surface area contributed by atoms with Crippen LogP contribution in [0, 0.1) is 10.1 Å². The third kappa shape index (κ3) is 2.66. The molecule has 1 N–H and O–H groups in total. The smallest absolute Gasteiger partial charge is 0.295 e. The Bertz CT molecular complexity index is 783. The highest BCUT2D eigenvalue weighted by molar-refractivity contribution is 9.10. The highest BCUT2D eigenvalue weighted by atomic mass is 79.9. The maximum absolute atomic E-state index is 10.7. The fourth-order valence-corrected chi connectivity index (χ4v) is 3.10. The summed E-state index contributed by atoms with van der Waals surface area (Å²) >= 11 is 5.00. The van der Waals surface area contributed by atoms with E-state index in [2.05, 4.69) is 26.2 Å². The minimum absolute atomic E-state index is 0.0117. The van der Waals surface area contributed by atoms with Crippen LogP contribution in [-0.2, 0) is 6.54 Å². The molecule has 3 rings (SSSR count). The second kappa shape index (κ2) is 5.22. The molecule has 20 heavy (non-hydrogen) atoms. The van der Waals surface area contributed by atoms with Crippen molar-refractivity contribution < 1.29 is 9.34 Å². The standard InChI is InChI=1S/C12H8BrN3O3S/c13-7-3-9(20-6-7)5-14-12-15-10-2-1-8(16(17)18)4-11(10)19-12/h1-4,6H,5H2,(H,14,15). The quantitative estimate of drug-likeness (QED) is 0.562. The summed E-state index contributed by atoms with van der Waals surface area (Å²) in [6, 6.07) is 6.71. The summed E-state index contributed by atoms with van der Waals surface area (Å²) in [5, 5.41) is 15.7. The average molecular weight is 354 g/mol. The van der Waals surface area contributed by atoms with Gasteiger partial charge in [-0.15, -0.1) is 11.3 Å². The molecule has 6 nitrogen and oxygen atoms in total. The largest absolute Gasteiger partial charge is 0.423 e. The van der Waals surface area contributed by atoms with Gasteiger partial charge in [-0.1, -0.05) is 0 Å². The lowest BCUT2D eigenvalue weighted by Gasteiger charge is -1.97. The molecule has 3 aromatic rings. The van der Waals surface area contributed by atoms with Gasteiger partial charge >= 0.3 is 0 Å². The van der Waals surface area contributed by atoms with Crippen LogP contribution in [0.5, 0.6) is 0 Å². The van der Waals surface area contributed by atoms with Crippen molar-refractivity contribution in [1.82, 2.24) is 4.98 Å². The summed E-state index contributed by atoms with van der Waals surface area (Å²) in [7, 11) is 0. The van der Waals surface area contributed by atoms with Crippen molar-refractivity contribution in [2.24, 2.45) is 0 Å². The van der Waals surface area contributed by atoms with E-state index in [-0.39, 0.29) is 5.69 Å². The van der Waals surface area contributed by atoms with Crippen LogP contribution < -0.4 is 5.32 Å². The number of rotatable bonds is 4. The summed E-state index contributed by atoms with van der Waals surface area (Å²) in [6.45, 7) is 0.588. The Kier molecular flexibility index (Phi) is 3.41. The van der Waals surface area contributed by atoms with E-state index in [0.717, 1.165) is 9.35 Å². The average Bonchev–Trinajstić information content (AvgIpc) is 3.00. The summed E-state index contributed by atoms with van der Waals surface area (Å²) in [4.78, 5) is 15.6. The molecule has 0 saturated carbocycles. The fourth-order valence-electron chi connectivity index (χ4n) is 1.71. The highest BCUT2D eigenvalue weighted by Crippen LogP contribution is 2.25. The number of nitrogens with one attached hydrogen (secondary N) is 1. The zero-order chi connectivity index (χ0) is 14.1. The summed E-state index contributed by atoms with van der Waals surface area (Å²) < 4.78 is 6.49. The van der Waals surface area contributed by atoms with Gasteiger partial charge in [0.05, 0.1) is 17.5 Å². The van der Waals surface area contributed by atoms with E-state index in [1.165, 1.54) is 12.1 Å². The van der Waals surface area contributed by atoms with Crippen molar-refractivity contribution in [3.63, 3.8) is 0 Å². The monoisotopic (exact) mass is 353 g/mol. The number of oxazole rings is 1. The van der Waals surface area contributed by atoms with E-state index in [9.17, 15) is 10.1 Å². The normalized spacial score (nSPS) is 10.8. The lowest BCUT2D eigenvalue weighted by Crippen LogP contribution is -1.96. The fraction of sp³-hybridized carbons (Fsp3) is 0.0833. The maximum atomic E-state index is 10.7. The van der Waals surface area contributed by atoms with Crippen LogP contribution in [0.25, 0.3) is 11.1 Å². The van der Waals surface area contributed by atoms with Gasteiger partial charge in [0.1, 0.15) is 5.52 Å². The Morgan fingerprint density at radius 2 is 2.30 bits per heavy atom. The lowest BCUT2D eigenvalue weighted by molar-refractivity contribution is -0.384. The Morgan fingerprint density at radius 1 is 1.45 bits per heavy atom. The van der Waals surface area contributed by atoms with E-state index in [0.29, 0.717) is 23.7 Å². The van der Waals surface area contributed by atoms with Crippen molar-refractivity contribution in [2.45, 2.75) is 6.54 Å². The number of nitro benzene ring substituents is 1. The van der Waals surface area contributed by atoms with Crippen molar-refractivity contribution >= 4 is 50.1 Å². The molecule has 8 heteroatoms. The van der Waals surface area contributed by atoms with Crippen LogP contribution >= 0.6 is 27.3 Å². The van der Waals surface area contributed by atoms with Gasteiger partial charge in [0.15, 0.2) is 5.58 Å². The molecule has 0 spiro atoms. The predicted molar refractivity (Wildman–Crippen MR) is 80.0 cm³/mol. The molecule has 0 saturated heterocycles. The molecule has 0 amide bonds. The number of aromatic nitrogens is 1. The molecule has 0 aliphatic carbocycles. The number of nitro groups is 1. The first-order valence-corrected chi connectivity index (χ1v) is 7.31. The topological polar surface area (TPSA) is 81.2 Å². The molecule has 0 unspecified atom stereocenters. The number of nitrogens with zero attached hydrogens (tertiary/aromatic N) is 2. The number of hydrogen-bond donors (Lipinski definition) is 1. The number of halogens is 1. The van der Waals surface area contributed by atoms with Crippen molar-refractivity contribution in [3.8, 4) is 0 Å². The molecule has 2 aromatic heterocycles. The van der Waals surface area contributed by atoms with E-state index < -0.39 is 4.92 Å². The molecule has 2 heterocycles. The number of hydrogen-bond acceptors (Lipinski definition) is 6. The van der Waals surface area contributed by atoms with E-state index in [1.807, 2.05) is 11.4 Å². The molecular formula is C12H8BrN3O3S. The number of anilines is 1. The Balaban J connectivity index is 1.80. The highest BCUT2D eigenvalue weighted by Gasteiger charge is 2.11. The van der Waals surface area contributed by atoms with Crippen molar-refractivity contribution in [1.29, 1.82) is 0 Å². The van der Waals surface area contributed by atoms with E-state index in [4.69, 9.17) is 4.42 Å². The van der Waals surface area contributed by atoms with Crippen LogP contribution in [0.1, 0.15) is 4.88 Å². The van der Waals surface area contributed by atoms with Gasteiger partial charge in [0.2, 0.25) is 0 Å². The Morgan fingerprint density at radius 3 is 3.00 bits per heavy atom. The van der Waals surface area contributed by atoms with Gasteiger partial charge in [-0.25, -0.2) is 0 Å². The van der Waals surface area contributed by atoms with Gasteiger partial charge in [-0.2, -0.15) is 4.98 Å². The maximum Gasteiger partial charge on any atom is 0.295 e. The zero-order valence-electron chi connectivity index (χ0n) is 10.00. The minimum Gasteiger partial charge on any atom is -0.423 e. The predicted octanol–water partition coefficient (Wildman–Crippen LogP) is 4.17. The lowest BCUT2D eigenvalue weighted by atomic mass is 10.3. The second-order valence-electron chi connectivity index (χ2n) is 4.01. The summed E-state index contributed by atoms with van der Waals surface area (Å²) in [5.74, 6) is 0. The first-order chi connectivity index (χ1) is 9.61. The summed E-state index contributed by atoms with van der Waals surface area (Å²) in [5.41, 5.74) is 0.974. The van der Waals surface area contributed by atoms with Crippen LogP contribution in [-0.4, -0.2) is 9.91 Å². The number of benzene rings is 1.